The molecule has 1 saturated heterocycles. The normalized spacial score (nSPS) is 44.9. The molecule has 0 aromatic rings. The molecule has 0 amide bonds. The molecule has 1 heterocycles. The molecule has 6 atom stereocenters. The number of carbonyl (C=O) groups is 1. The summed E-state index contributed by atoms with van der Waals surface area (Å²) in [7, 11) is 0. The lowest BCUT2D eigenvalue weighted by atomic mass is 9.61. The molecule has 0 aromatic heterocycles. The fourth-order valence-corrected chi connectivity index (χ4v) is 6.43. The molecule has 0 spiro atoms. The Balaban J connectivity index is 1.68. The molecule has 0 bridgehead atoms. The third-order valence-electron chi connectivity index (χ3n) is 6.80. The second kappa shape index (κ2) is 6.45. The van der Waals surface area contributed by atoms with Crippen LogP contribution >= 0.6 is 22.6 Å². The minimum Gasteiger partial charge on any atom is -0.462 e. The summed E-state index contributed by atoms with van der Waals surface area (Å²) in [5, 5.41) is 0. The third kappa shape index (κ3) is 2.87. The number of halogens is 1. The summed E-state index contributed by atoms with van der Waals surface area (Å²) in [5.74, 6) is 2.37. The predicted molar refractivity (Wildman–Crippen MR) is 97.7 cm³/mol. The van der Waals surface area contributed by atoms with Gasteiger partial charge in [-0.3, -0.25) is 4.79 Å². The zero-order valence-electron chi connectivity index (χ0n) is 14.1. The highest BCUT2D eigenvalue weighted by molar-refractivity contribution is 14.1. The number of cyclic esters (lactones) is 1. The SMILES string of the molecule is C[C@H](C[C@@H]1C[C@H](C)C(=O)O1)[C@H]1CCC2C(=CI)CCC[C@]21C. The van der Waals surface area contributed by atoms with Gasteiger partial charge in [0, 0.05) is 0 Å². The van der Waals surface area contributed by atoms with Crippen LogP contribution in [-0.4, -0.2) is 12.1 Å². The van der Waals surface area contributed by atoms with Crippen LogP contribution in [0.5, 0.6) is 0 Å². The van der Waals surface area contributed by atoms with Gasteiger partial charge in [0.1, 0.15) is 6.10 Å². The number of allylic oxidation sites excluding steroid dienone is 1. The Morgan fingerprint density at radius 1 is 1.45 bits per heavy atom. The number of carbonyl (C=O) groups excluding carboxylic acids is 1. The lowest BCUT2D eigenvalue weighted by Crippen LogP contribution is -2.36. The van der Waals surface area contributed by atoms with Crippen LogP contribution < -0.4 is 0 Å². The number of hydrogen-bond donors (Lipinski definition) is 0. The Labute approximate surface area is 148 Å². The zero-order valence-corrected chi connectivity index (χ0v) is 16.3. The van der Waals surface area contributed by atoms with Crippen LogP contribution in [0.1, 0.15) is 65.7 Å². The van der Waals surface area contributed by atoms with E-state index in [4.69, 9.17) is 4.74 Å². The number of esters is 1. The summed E-state index contributed by atoms with van der Waals surface area (Å²) in [5.41, 5.74) is 2.17. The van der Waals surface area contributed by atoms with E-state index >= 15 is 0 Å². The van der Waals surface area contributed by atoms with Gasteiger partial charge in [-0.25, -0.2) is 0 Å². The largest absolute Gasteiger partial charge is 0.462 e. The van der Waals surface area contributed by atoms with E-state index in [0.717, 1.165) is 24.7 Å². The van der Waals surface area contributed by atoms with Crippen LogP contribution in [-0.2, 0) is 9.53 Å². The highest BCUT2D eigenvalue weighted by Gasteiger charge is 2.51. The van der Waals surface area contributed by atoms with E-state index in [1.165, 1.54) is 32.1 Å². The number of hydrogen-bond acceptors (Lipinski definition) is 2. The quantitative estimate of drug-likeness (QED) is 0.449. The van der Waals surface area contributed by atoms with Crippen molar-refractivity contribution in [3.05, 3.63) is 9.66 Å². The van der Waals surface area contributed by atoms with Crippen molar-refractivity contribution in [1.82, 2.24) is 0 Å². The van der Waals surface area contributed by atoms with Gasteiger partial charge in [0.2, 0.25) is 0 Å². The number of fused-ring (bicyclic) bond motifs is 1. The van der Waals surface area contributed by atoms with Gasteiger partial charge in [-0.1, -0.05) is 48.9 Å². The second-order valence-corrected chi connectivity index (χ2v) is 8.81. The van der Waals surface area contributed by atoms with Crippen LogP contribution in [0.4, 0.5) is 0 Å². The van der Waals surface area contributed by atoms with Gasteiger partial charge in [-0.15, -0.1) is 0 Å². The van der Waals surface area contributed by atoms with Gasteiger partial charge in [0.05, 0.1) is 5.92 Å². The van der Waals surface area contributed by atoms with Crippen molar-refractivity contribution in [3.8, 4) is 0 Å². The fraction of sp³-hybridized carbons (Fsp3) is 0.842. The average molecular weight is 416 g/mol. The molecule has 124 valence electrons. The molecule has 3 rings (SSSR count). The molecular formula is C19H29IO2. The summed E-state index contributed by atoms with van der Waals surface area (Å²) in [6, 6.07) is 0. The van der Waals surface area contributed by atoms with Gasteiger partial charge >= 0.3 is 5.97 Å². The van der Waals surface area contributed by atoms with Crippen molar-refractivity contribution in [3.63, 3.8) is 0 Å². The molecule has 1 unspecified atom stereocenters. The van der Waals surface area contributed by atoms with E-state index < -0.39 is 0 Å². The minimum absolute atomic E-state index is 0.0144. The van der Waals surface area contributed by atoms with E-state index in [1.807, 2.05) is 6.92 Å². The smallest absolute Gasteiger partial charge is 0.309 e. The summed E-state index contributed by atoms with van der Waals surface area (Å²) >= 11 is 2.44. The standard InChI is InChI=1S/C19H29IO2/c1-12(9-15-10-13(2)18(21)22-15)16-6-7-17-14(11-20)5-4-8-19(16,17)3/h11-13,15-17H,4-10H2,1-3H3/t12-,13+,15-,16-,17?,19+/m1/s1. The first-order chi connectivity index (χ1) is 10.5. The van der Waals surface area contributed by atoms with Crippen LogP contribution in [0.3, 0.4) is 0 Å². The molecule has 3 heteroatoms. The molecule has 1 aliphatic heterocycles. The summed E-state index contributed by atoms with van der Waals surface area (Å²) in [4.78, 5) is 11.6. The van der Waals surface area contributed by atoms with Gasteiger partial charge in [0.15, 0.2) is 0 Å². The van der Waals surface area contributed by atoms with E-state index in [-0.39, 0.29) is 18.0 Å². The molecular weight excluding hydrogens is 387 g/mol. The first kappa shape index (κ1) is 16.8. The van der Waals surface area contributed by atoms with Crippen molar-refractivity contribution in [2.75, 3.05) is 0 Å². The maximum Gasteiger partial charge on any atom is 0.309 e. The first-order valence-corrected chi connectivity index (χ1v) is 10.2. The van der Waals surface area contributed by atoms with E-state index in [2.05, 4.69) is 40.5 Å². The highest BCUT2D eigenvalue weighted by Crippen LogP contribution is 2.60. The molecule has 2 saturated carbocycles. The van der Waals surface area contributed by atoms with E-state index in [9.17, 15) is 4.79 Å². The molecule has 3 aliphatic rings. The topological polar surface area (TPSA) is 26.3 Å². The lowest BCUT2D eigenvalue weighted by Gasteiger charge is -2.44. The average Bonchev–Trinajstić information content (AvgIpc) is 2.98. The number of rotatable bonds is 3. The van der Waals surface area contributed by atoms with Gasteiger partial charge in [-0.05, 0) is 72.2 Å². The maximum absolute atomic E-state index is 11.6. The minimum atomic E-state index is 0.0144. The molecule has 2 nitrogen and oxygen atoms in total. The van der Waals surface area contributed by atoms with Crippen molar-refractivity contribution in [1.29, 1.82) is 0 Å². The highest BCUT2D eigenvalue weighted by atomic mass is 127. The van der Waals surface area contributed by atoms with Gasteiger partial charge in [-0.2, -0.15) is 0 Å². The Bertz CT molecular complexity index is 472. The molecule has 2 aliphatic carbocycles. The Kier molecular flexibility index (Phi) is 4.92. The maximum atomic E-state index is 11.6. The lowest BCUT2D eigenvalue weighted by molar-refractivity contribution is -0.144. The fourth-order valence-electron chi connectivity index (χ4n) is 5.69. The van der Waals surface area contributed by atoms with E-state index in [0.29, 0.717) is 11.3 Å². The zero-order chi connectivity index (χ0) is 15.9. The molecule has 0 N–H and O–H groups in total. The van der Waals surface area contributed by atoms with Crippen LogP contribution in [0, 0.1) is 29.1 Å². The summed E-state index contributed by atoms with van der Waals surface area (Å²) < 4.78 is 7.92. The summed E-state index contributed by atoms with van der Waals surface area (Å²) in [6.45, 7) is 6.93. The Morgan fingerprint density at radius 3 is 2.86 bits per heavy atom. The second-order valence-electron chi connectivity index (χ2n) is 8.19. The Hall–Kier alpha value is -0.0600. The Morgan fingerprint density at radius 2 is 2.23 bits per heavy atom. The van der Waals surface area contributed by atoms with Crippen molar-refractivity contribution in [2.24, 2.45) is 29.1 Å². The molecule has 22 heavy (non-hydrogen) atoms. The molecule has 0 aromatic carbocycles. The van der Waals surface area contributed by atoms with Crippen molar-refractivity contribution in [2.45, 2.75) is 71.8 Å². The van der Waals surface area contributed by atoms with Gasteiger partial charge < -0.3 is 4.74 Å². The van der Waals surface area contributed by atoms with Crippen LogP contribution in [0.15, 0.2) is 9.66 Å². The van der Waals surface area contributed by atoms with E-state index in [1.54, 1.807) is 5.57 Å². The van der Waals surface area contributed by atoms with Gasteiger partial charge in [0.25, 0.3) is 0 Å². The van der Waals surface area contributed by atoms with Crippen LogP contribution in [0.25, 0.3) is 0 Å². The molecule has 3 fully saturated rings. The molecule has 0 radical (unpaired) electrons. The van der Waals surface area contributed by atoms with Crippen LogP contribution in [0.2, 0.25) is 0 Å². The predicted octanol–water partition coefficient (Wildman–Crippen LogP) is 5.50. The monoisotopic (exact) mass is 416 g/mol. The van der Waals surface area contributed by atoms with Crippen molar-refractivity contribution >= 4 is 28.6 Å². The first-order valence-electron chi connectivity index (χ1n) is 8.95. The third-order valence-corrected chi connectivity index (χ3v) is 7.60. The number of ether oxygens (including phenoxy) is 1. The summed E-state index contributed by atoms with van der Waals surface area (Å²) in [6.07, 6.45) is 8.90. The van der Waals surface area contributed by atoms with Crippen molar-refractivity contribution < 1.29 is 9.53 Å².